The largest absolute Gasteiger partial charge is 0.489 e. The van der Waals surface area contributed by atoms with E-state index in [0.29, 0.717) is 36.5 Å². The van der Waals surface area contributed by atoms with Crippen LogP contribution in [-0.4, -0.2) is 28.1 Å². The molecule has 0 unspecified atom stereocenters. The maximum absolute atomic E-state index is 13.1. The van der Waals surface area contributed by atoms with E-state index in [1.807, 2.05) is 75.4 Å². The number of Topliss-reactive ketones (excluding diaryl/α,β-unsaturated/α-hetero) is 1. The minimum atomic E-state index is -0.102. The van der Waals surface area contributed by atoms with Crippen molar-refractivity contribution in [1.82, 2.24) is 9.88 Å². The molecule has 156 valence electrons. The van der Waals surface area contributed by atoms with Crippen LogP contribution in [0.3, 0.4) is 0 Å². The first-order valence-electron chi connectivity index (χ1n) is 10.2. The van der Waals surface area contributed by atoms with Crippen LogP contribution in [0.25, 0.3) is 0 Å². The van der Waals surface area contributed by atoms with Crippen LogP contribution in [0.15, 0.2) is 54.6 Å². The van der Waals surface area contributed by atoms with Gasteiger partial charge < -0.3 is 14.6 Å². The van der Waals surface area contributed by atoms with Crippen molar-refractivity contribution in [3.63, 3.8) is 0 Å². The van der Waals surface area contributed by atoms with Gasteiger partial charge >= 0.3 is 0 Å². The first kappa shape index (κ1) is 21.4. The third-order valence-corrected chi connectivity index (χ3v) is 5.22. The molecule has 5 heteroatoms. The number of nitrogens with zero attached hydrogens (tertiary/aromatic N) is 1. The second kappa shape index (κ2) is 9.44. The summed E-state index contributed by atoms with van der Waals surface area (Å²) in [7, 11) is 0. The summed E-state index contributed by atoms with van der Waals surface area (Å²) < 4.78 is 5.83. The van der Waals surface area contributed by atoms with Crippen LogP contribution in [0.1, 0.15) is 57.1 Å². The Morgan fingerprint density at radius 3 is 2.20 bits per heavy atom. The van der Waals surface area contributed by atoms with Crippen molar-refractivity contribution in [2.24, 2.45) is 0 Å². The van der Waals surface area contributed by atoms with E-state index in [1.54, 1.807) is 4.90 Å². The van der Waals surface area contributed by atoms with E-state index in [0.717, 1.165) is 22.6 Å². The van der Waals surface area contributed by atoms with Gasteiger partial charge in [-0.2, -0.15) is 0 Å². The van der Waals surface area contributed by atoms with E-state index in [9.17, 15) is 9.59 Å². The smallest absolute Gasteiger partial charge is 0.270 e. The average molecular weight is 405 g/mol. The van der Waals surface area contributed by atoms with Crippen molar-refractivity contribution in [2.75, 3.05) is 6.54 Å². The number of aryl methyl sites for hydroxylation is 1. The Hall–Kier alpha value is -3.34. The summed E-state index contributed by atoms with van der Waals surface area (Å²) >= 11 is 0. The molecular formula is C25H28N2O3. The summed E-state index contributed by atoms with van der Waals surface area (Å²) in [5.41, 5.74) is 4.68. The lowest BCUT2D eigenvalue weighted by molar-refractivity contribution is 0.0746. The minimum absolute atomic E-state index is 0.0329. The molecule has 0 fully saturated rings. The molecule has 0 aliphatic rings. The van der Waals surface area contributed by atoms with Gasteiger partial charge in [0.1, 0.15) is 18.1 Å². The molecule has 0 saturated heterocycles. The predicted molar refractivity (Wildman–Crippen MR) is 118 cm³/mol. The molecule has 2 aromatic carbocycles. The van der Waals surface area contributed by atoms with Crippen LogP contribution < -0.4 is 4.74 Å². The Kier molecular flexibility index (Phi) is 6.72. The van der Waals surface area contributed by atoms with Crippen molar-refractivity contribution in [2.45, 2.75) is 40.8 Å². The molecule has 0 bridgehead atoms. The molecule has 0 saturated carbocycles. The van der Waals surface area contributed by atoms with Crippen molar-refractivity contribution in [3.05, 3.63) is 88.2 Å². The highest BCUT2D eigenvalue weighted by Gasteiger charge is 2.23. The predicted octanol–water partition coefficient (Wildman–Crippen LogP) is 5.08. The Morgan fingerprint density at radius 2 is 1.63 bits per heavy atom. The highest BCUT2D eigenvalue weighted by atomic mass is 16.5. The van der Waals surface area contributed by atoms with Crippen LogP contribution in [0.4, 0.5) is 0 Å². The van der Waals surface area contributed by atoms with E-state index in [1.165, 1.54) is 6.92 Å². The SMILES string of the molecule is CCN(Cc1ccc(OCc2ccccc2)cc1)C(=O)c1[nH]c(C)c(C(C)=O)c1C. The lowest BCUT2D eigenvalue weighted by Gasteiger charge is -2.21. The van der Waals surface area contributed by atoms with Crippen LogP contribution in [0.5, 0.6) is 5.75 Å². The van der Waals surface area contributed by atoms with E-state index < -0.39 is 0 Å². The molecule has 30 heavy (non-hydrogen) atoms. The third kappa shape index (κ3) is 4.79. The van der Waals surface area contributed by atoms with E-state index in [-0.39, 0.29) is 11.7 Å². The van der Waals surface area contributed by atoms with Crippen LogP contribution in [0, 0.1) is 13.8 Å². The first-order valence-corrected chi connectivity index (χ1v) is 10.2. The van der Waals surface area contributed by atoms with Crippen molar-refractivity contribution in [3.8, 4) is 5.75 Å². The Bertz CT molecular complexity index is 1020. The van der Waals surface area contributed by atoms with E-state index in [2.05, 4.69) is 4.98 Å². The number of aromatic amines is 1. The topological polar surface area (TPSA) is 62.4 Å². The maximum Gasteiger partial charge on any atom is 0.270 e. The van der Waals surface area contributed by atoms with Gasteiger partial charge in [-0.3, -0.25) is 9.59 Å². The normalized spacial score (nSPS) is 10.7. The molecule has 1 aromatic heterocycles. The number of hydrogen-bond donors (Lipinski definition) is 1. The average Bonchev–Trinajstić information content (AvgIpc) is 3.05. The monoisotopic (exact) mass is 404 g/mol. The number of ketones is 1. The molecule has 0 radical (unpaired) electrons. The molecule has 1 N–H and O–H groups in total. The summed E-state index contributed by atoms with van der Waals surface area (Å²) in [6, 6.07) is 17.8. The zero-order valence-electron chi connectivity index (χ0n) is 18.0. The third-order valence-electron chi connectivity index (χ3n) is 5.22. The standard InChI is InChI=1S/C25H28N2O3/c1-5-27(25(29)24-17(2)23(19(4)28)18(3)26-24)15-20-11-13-22(14-12-20)30-16-21-9-7-6-8-10-21/h6-14,26H,5,15-16H2,1-4H3. The minimum Gasteiger partial charge on any atom is -0.489 e. The summed E-state index contributed by atoms with van der Waals surface area (Å²) in [6.07, 6.45) is 0. The summed E-state index contributed by atoms with van der Waals surface area (Å²) in [5, 5.41) is 0. The molecule has 0 aliphatic heterocycles. The van der Waals surface area contributed by atoms with Crippen molar-refractivity contribution < 1.29 is 14.3 Å². The fourth-order valence-corrected chi connectivity index (χ4v) is 3.63. The molecule has 3 rings (SSSR count). The van der Waals surface area contributed by atoms with Crippen molar-refractivity contribution >= 4 is 11.7 Å². The lowest BCUT2D eigenvalue weighted by atomic mass is 10.1. The summed E-state index contributed by atoms with van der Waals surface area (Å²) in [6.45, 7) is 8.69. The Morgan fingerprint density at radius 1 is 0.967 bits per heavy atom. The van der Waals surface area contributed by atoms with Gasteiger partial charge in [0.2, 0.25) is 0 Å². The quantitative estimate of drug-likeness (QED) is 0.533. The zero-order chi connectivity index (χ0) is 21.7. The number of nitrogens with one attached hydrogen (secondary N) is 1. The molecule has 1 amide bonds. The van der Waals surface area contributed by atoms with Crippen LogP contribution >= 0.6 is 0 Å². The number of amides is 1. The first-order chi connectivity index (χ1) is 14.4. The van der Waals surface area contributed by atoms with Gasteiger partial charge in [-0.15, -0.1) is 0 Å². The molecular weight excluding hydrogens is 376 g/mol. The second-order valence-electron chi connectivity index (χ2n) is 7.42. The fourth-order valence-electron chi connectivity index (χ4n) is 3.63. The number of ether oxygens (including phenoxy) is 1. The molecule has 1 heterocycles. The highest BCUT2D eigenvalue weighted by molar-refractivity contribution is 6.02. The van der Waals surface area contributed by atoms with E-state index >= 15 is 0 Å². The van der Waals surface area contributed by atoms with Gasteiger partial charge in [0.15, 0.2) is 5.78 Å². The number of H-pyrrole nitrogens is 1. The second-order valence-corrected chi connectivity index (χ2v) is 7.42. The molecule has 0 atom stereocenters. The van der Waals surface area contributed by atoms with Gasteiger partial charge in [0.25, 0.3) is 5.91 Å². The Labute approximate surface area is 177 Å². The number of aromatic nitrogens is 1. The van der Waals surface area contributed by atoms with E-state index in [4.69, 9.17) is 4.74 Å². The summed E-state index contributed by atoms with van der Waals surface area (Å²) in [4.78, 5) is 29.8. The number of carbonyl (C=O) groups is 2. The number of carbonyl (C=O) groups excluding carboxylic acids is 2. The van der Waals surface area contributed by atoms with Gasteiger partial charge in [0.05, 0.1) is 0 Å². The summed E-state index contributed by atoms with van der Waals surface area (Å²) in [5.74, 6) is 0.656. The lowest BCUT2D eigenvalue weighted by Crippen LogP contribution is -2.31. The van der Waals surface area contributed by atoms with Gasteiger partial charge in [-0.1, -0.05) is 42.5 Å². The van der Waals surface area contributed by atoms with Crippen LogP contribution in [0.2, 0.25) is 0 Å². The van der Waals surface area contributed by atoms with Crippen molar-refractivity contribution in [1.29, 1.82) is 0 Å². The number of rotatable bonds is 8. The van der Waals surface area contributed by atoms with Gasteiger partial charge in [-0.05, 0) is 56.5 Å². The molecule has 0 aliphatic carbocycles. The number of benzene rings is 2. The number of hydrogen-bond acceptors (Lipinski definition) is 3. The zero-order valence-corrected chi connectivity index (χ0v) is 18.0. The highest BCUT2D eigenvalue weighted by Crippen LogP contribution is 2.21. The maximum atomic E-state index is 13.1. The fraction of sp³-hybridized carbons (Fsp3) is 0.280. The molecule has 0 spiro atoms. The Balaban J connectivity index is 1.67. The van der Waals surface area contributed by atoms with Gasteiger partial charge in [-0.25, -0.2) is 0 Å². The molecule has 3 aromatic rings. The van der Waals surface area contributed by atoms with Crippen LogP contribution in [-0.2, 0) is 13.2 Å². The molecule has 5 nitrogen and oxygen atoms in total. The van der Waals surface area contributed by atoms with Gasteiger partial charge in [0, 0.05) is 24.3 Å².